The highest BCUT2D eigenvalue weighted by molar-refractivity contribution is 5.68. The highest BCUT2D eigenvalue weighted by atomic mass is 16.6. The first-order chi connectivity index (χ1) is 14.1. The molecule has 8 heteroatoms. The summed E-state index contributed by atoms with van der Waals surface area (Å²) < 4.78 is 13.3. The molecule has 2 aliphatic rings. The molecule has 2 atom stereocenters. The van der Waals surface area contributed by atoms with Gasteiger partial charge in [-0.1, -0.05) is 5.16 Å². The average Bonchev–Trinajstić information content (AvgIpc) is 3.30. The zero-order valence-corrected chi connectivity index (χ0v) is 18.4. The molecule has 0 radical (unpaired) electrons. The largest absolute Gasteiger partial charge is 0.444 e. The van der Waals surface area contributed by atoms with Crippen LogP contribution < -0.4 is 5.43 Å². The number of pyridine rings is 1. The summed E-state index contributed by atoms with van der Waals surface area (Å²) in [6.45, 7) is 11.1. The van der Waals surface area contributed by atoms with Crippen LogP contribution in [0.2, 0.25) is 0 Å². The lowest BCUT2D eigenvalue weighted by Crippen LogP contribution is -2.46. The van der Waals surface area contributed by atoms with Gasteiger partial charge in [0.1, 0.15) is 5.60 Å². The molecule has 1 fully saturated rings. The first-order valence-electron chi connectivity index (χ1n) is 10.7. The van der Waals surface area contributed by atoms with Crippen LogP contribution in [0.5, 0.6) is 0 Å². The molecule has 2 aromatic rings. The zero-order valence-electron chi connectivity index (χ0n) is 18.4. The van der Waals surface area contributed by atoms with Crippen molar-refractivity contribution in [2.75, 3.05) is 6.54 Å². The minimum Gasteiger partial charge on any atom is -0.444 e. The number of carbonyl (C=O) groups excluding carboxylic acids is 1. The Morgan fingerprint density at radius 3 is 2.77 bits per heavy atom. The molecular weight excluding hydrogens is 384 g/mol. The van der Waals surface area contributed by atoms with Crippen LogP contribution in [0.3, 0.4) is 0 Å². The van der Waals surface area contributed by atoms with E-state index in [1.54, 1.807) is 11.0 Å². The number of rotatable bonds is 2. The van der Waals surface area contributed by atoms with E-state index in [4.69, 9.17) is 9.26 Å². The monoisotopic (exact) mass is 414 g/mol. The molecule has 8 nitrogen and oxygen atoms in total. The Bertz CT molecular complexity index is 1020. The van der Waals surface area contributed by atoms with Crippen molar-refractivity contribution in [1.29, 1.82) is 0 Å². The standard InChI is InChI=1S/C22H30N4O4/c1-13-11-15(8-10-26(13)21(28)29-22(3,4)5)20-23-19(24-30-20)18-16-7-6-9-25(16)14(2)12-17(18)27/h12-13,15H,6-11H2,1-5H3/t13-,15-/m0/s1. The van der Waals surface area contributed by atoms with Gasteiger partial charge in [-0.05, 0) is 60.3 Å². The molecule has 1 saturated heterocycles. The van der Waals surface area contributed by atoms with E-state index in [9.17, 15) is 9.59 Å². The number of amides is 1. The molecule has 4 heterocycles. The molecule has 4 rings (SSSR count). The van der Waals surface area contributed by atoms with Gasteiger partial charge < -0.3 is 18.7 Å². The van der Waals surface area contributed by atoms with E-state index in [0.29, 0.717) is 30.2 Å². The molecule has 0 spiro atoms. The van der Waals surface area contributed by atoms with Crippen molar-refractivity contribution in [3.8, 4) is 11.4 Å². The third kappa shape index (κ3) is 3.87. The summed E-state index contributed by atoms with van der Waals surface area (Å²) in [5, 5.41) is 4.15. The maximum absolute atomic E-state index is 12.7. The van der Waals surface area contributed by atoms with Crippen molar-refractivity contribution in [3.05, 3.63) is 33.6 Å². The van der Waals surface area contributed by atoms with E-state index in [0.717, 1.165) is 37.2 Å². The van der Waals surface area contributed by atoms with Crippen molar-refractivity contribution in [1.82, 2.24) is 19.6 Å². The molecule has 0 saturated carbocycles. The lowest BCUT2D eigenvalue weighted by Gasteiger charge is -2.37. The van der Waals surface area contributed by atoms with Crippen LogP contribution >= 0.6 is 0 Å². The molecule has 162 valence electrons. The fourth-order valence-electron chi connectivity index (χ4n) is 4.54. The predicted molar refractivity (Wildman–Crippen MR) is 111 cm³/mol. The van der Waals surface area contributed by atoms with Gasteiger partial charge in [0, 0.05) is 42.5 Å². The Labute approximate surface area is 176 Å². The number of likely N-dealkylation sites (tertiary alicyclic amines) is 1. The summed E-state index contributed by atoms with van der Waals surface area (Å²) in [7, 11) is 0. The van der Waals surface area contributed by atoms with Gasteiger partial charge in [-0.25, -0.2) is 4.79 Å². The first kappa shape index (κ1) is 20.6. The minimum atomic E-state index is -0.516. The highest BCUT2D eigenvalue weighted by Crippen LogP contribution is 2.33. The van der Waals surface area contributed by atoms with E-state index in [2.05, 4.69) is 14.7 Å². The molecule has 30 heavy (non-hydrogen) atoms. The number of hydrogen-bond donors (Lipinski definition) is 0. The number of hydrogen-bond acceptors (Lipinski definition) is 6. The summed E-state index contributed by atoms with van der Waals surface area (Å²) >= 11 is 0. The van der Waals surface area contributed by atoms with Crippen LogP contribution in [-0.2, 0) is 17.7 Å². The van der Waals surface area contributed by atoms with Gasteiger partial charge in [0.25, 0.3) is 0 Å². The van der Waals surface area contributed by atoms with Crippen LogP contribution in [0.1, 0.15) is 70.2 Å². The second-order valence-electron chi connectivity index (χ2n) is 9.43. The molecule has 1 amide bonds. The van der Waals surface area contributed by atoms with Gasteiger partial charge in [0.2, 0.25) is 11.7 Å². The van der Waals surface area contributed by atoms with Crippen molar-refractivity contribution in [3.63, 3.8) is 0 Å². The van der Waals surface area contributed by atoms with Crippen LogP contribution in [0.25, 0.3) is 11.4 Å². The maximum Gasteiger partial charge on any atom is 0.410 e. The summed E-state index contributed by atoms with van der Waals surface area (Å²) in [4.78, 5) is 31.5. The van der Waals surface area contributed by atoms with E-state index in [1.165, 1.54) is 0 Å². The van der Waals surface area contributed by atoms with Crippen LogP contribution in [0.4, 0.5) is 4.79 Å². The molecule has 0 aromatic carbocycles. The zero-order chi connectivity index (χ0) is 21.6. The molecule has 0 aliphatic carbocycles. The van der Waals surface area contributed by atoms with Crippen LogP contribution in [-0.4, -0.2) is 43.9 Å². The van der Waals surface area contributed by atoms with E-state index in [-0.39, 0.29) is 23.5 Å². The van der Waals surface area contributed by atoms with Crippen molar-refractivity contribution in [2.24, 2.45) is 0 Å². The highest BCUT2D eigenvalue weighted by Gasteiger charge is 2.35. The number of aromatic nitrogens is 3. The fraction of sp³-hybridized carbons (Fsp3) is 0.636. The van der Waals surface area contributed by atoms with Gasteiger partial charge in [-0.15, -0.1) is 0 Å². The van der Waals surface area contributed by atoms with Gasteiger partial charge in [0.15, 0.2) is 5.43 Å². The Balaban J connectivity index is 1.52. The van der Waals surface area contributed by atoms with E-state index < -0.39 is 5.60 Å². The number of piperidine rings is 1. The van der Waals surface area contributed by atoms with Crippen molar-refractivity contribution in [2.45, 2.75) is 84.4 Å². The summed E-state index contributed by atoms with van der Waals surface area (Å²) in [5.41, 5.74) is 1.97. The van der Waals surface area contributed by atoms with Crippen molar-refractivity contribution < 1.29 is 14.1 Å². The predicted octanol–water partition coefficient (Wildman–Crippen LogP) is 3.66. The summed E-state index contributed by atoms with van der Waals surface area (Å²) in [6.07, 6.45) is 3.01. The fourth-order valence-corrected chi connectivity index (χ4v) is 4.54. The van der Waals surface area contributed by atoms with Gasteiger partial charge in [0.05, 0.1) is 5.56 Å². The first-order valence-corrected chi connectivity index (χ1v) is 10.7. The summed E-state index contributed by atoms with van der Waals surface area (Å²) in [6, 6.07) is 1.66. The van der Waals surface area contributed by atoms with E-state index in [1.807, 2.05) is 34.6 Å². The van der Waals surface area contributed by atoms with Gasteiger partial charge in [-0.2, -0.15) is 4.98 Å². The second kappa shape index (κ2) is 7.56. The number of ether oxygens (including phenoxy) is 1. The molecule has 0 bridgehead atoms. The third-order valence-electron chi connectivity index (χ3n) is 5.94. The quantitative estimate of drug-likeness (QED) is 0.745. The maximum atomic E-state index is 12.7. The molecule has 0 N–H and O–H groups in total. The Morgan fingerprint density at radius 1 is 1.30 bits per heavy atom. The Morgan fingerprint density at radius 2 is 2.07 bits per heavy atom. The third-order valence-corrected chi connectivity index (χ3v) is 5.94. The second-order valence-corrected chi connectivity index (χ2v) is 9.43. The van der Waals surface area contributed by atoms with E-state index >= 15 is 0 Å². The SMILES string of the molecule is Cc1cc(=O)c(-c2noc([C@H]3CCN(C(=O)OC(C)(C)C)[C@@H](C)C3)n2)c2n1CCC2. The minimum absolute atomic E-state index is 0.00296. The Hall–Kier alpha value is -2.64. The number of nitrogens with zero attached hydrogens (tertiary/aromatic N) is 4. The Kier molecular flexibility index (Phi) is 5.20. The molecule has 2 aromatic heterocycles. The normalized spacial score (nSPS) is 21.6. The molecule has 0 unspecified atom stereocenters. The smallest absolute Gasteiger partial charge is 0.410 e. The number of aryl methyl sites for hydroxylation is 1. The average molecular weight is 415 g/mol. The van der Waals surface area contributed by atoms with Crippen molar-refractivity contribution >= 4 is 6.09 Å². The number of fused-ring (bicyclic) bond motifs is 1. The van der Waals surface area contributed by atoms with Crippen LogP contribution in [0, 0.1) is 6.92 Å². The van der Waals surface area contributed by atoms with Gasteiger partial charge in [-0.3, -0.25) is 4.79 Å². The summed E-state index contributed by atoms with van der Waals surface area (Å²) in [5.74, 6) is 0.974. The van der Waals surface area contributed by atoms with Gasteiger partial charge >= 0.3 is 6.09 Å². The number of carbonyl (C=O) groups is 1. The lowest BCUT2D eigenvalue weighted by atomic mass is 9.92. The lowest BCUT2D eigenvalue weighted by molar-refractivity contribution is 0.00934. The topological polar surface area (TPSA) is 90.5 Å². The van der Waals surface area contributed by atoms with Crippen LogP contribution in [0.15, 0.2) is 15.4 Å². The molecule has 2 aliphatic heterocycles. The molecular formula is C22H30N4O4.